The first-order valence-corrected chi connectivity index (χ1v) is 3.71. The van der Waals surface area contributed by atoms with E-state index < -0.39 is 0 Å². The Balaban J connectivity index is 2.78. The van der Waals surface area contributed by atoms with Gasteiger partial charge in [0, 0.05) is 19.4 Å². The highest BCUT2D eigenvalue weighted by atomic mass is 16.3. The van der Waals surface area contributed by atoms with Crippen molar-refractivity contribution in [2.45, 2.75) is 13.0 Å². The number of nitrogens with zero attached hydrogens (tertiary/aromatic N) is 3. The van der Waals surface area contributed by atoms with Crippen molar-refractivity contribution in [1.29, 1.82) is 0 Å². The van der Waals surface area contributed by atoms with Crippen LogP contribution in [-0.2, 0) is 0 Å². The second-order valence-corrected chi connectivity index (χ2v) is 2.62. The maximum Gasteiger partial charge on any atom is 0.0735 e. The maximum absolute atomic E-state index is 10.2. The lowest BCUT2D eigenvalue weighted by molar-refractivity contribution is 0.271. The SMILES string of the molecule is CC(c1cccnc1)N(C)N=O. The van der Waals surface area contributed by atoms with E-state index in [2.05, 4.69) is 10.3 Å². The molecule has 0 bridgehead atoms. The fraction of sp³-hybridized carbons (Fsp3) is 0.375. The molecule has 1 aromatic heterocycles. The molecule has 0 spiro atoms. The smallest absolute Gasteiger partial charge is 0.0735 e. The first kappa shape index (κ1) is 8.64. The lowest BCUT2D eigenvalue weighted by Gasteiger charge is -2.17. The minimum atomic E-state index is -0.0174. The summed E-state index contributed by atoms with van der Waals surface area (Å²) in [6, 6.07) is 3.74. The van der Waals surface area contributed by atoms with Gasteiger partial charge < -0.3 is 0 Å². The molecule has 1 rings (SSSR count). The van der Waals surface area contributed by atoms with E-state index in [9.17, 15) is 4.91 Å². The largest absolute Gasteiger partial charge is 0.264 e. The molecule has 0 aliphatic rings. The highest BCUT2D eigenvalue weighted by molar-refractivity contribution is 5.12. The quantitative estimate of drug-likeness (QED) is 0.506. The van der Waals surface area contributed by atoms with E-state index in [1.807, 2.05) is 19.1 Å². The highest BCUT2D eigenvalue weighted by Gasteiger charge is 2.09. The number of pyridine rings is 1. The van der Waals surface area contributed by atoms with E-state index in [4.69, 9.17) is 0 Å². The molecule has 1 aromatic rings. The van der Waals surface area contributed by atoms with Crippen molar-refractivity contribution in [2.24, 2.45) is 5.29 Å². The summed E-state index contributed by atoms with van der Waals surface area (Å²) in [5, 5.41) is 4.18. The van der Waals surface area contributed by atoms with E-state index in [-0.39, 0.29) is 6.04 Å². The van der Waals surface area contributed by atoms with E-state index in [0.717, 1.165) is 5.56 Å². The van der Waals surface area contributed by atoms with Gasteiger partial charge in [0.25, 0.3) is 0 Å². The number of rotatable bonds is 3. The van der Waals surface area contributed by atoms with Gasteiger partial charge in [-0.25, -0.2) is 0 Å². The summed E-state index contributed by atoms with van der Waals surface area (Å²) in [4.78, 5) is 14.1. The zero-order valence-corrected chi connectivity index (χ0v) is 7.14. The third kappa shape index (κ3) is 1.78. The predicted octanol–water partition coefficient (Wildman–Crippen LogP) is 1.76. The van der Waals surface area contributed by atoms with Crippen LogP contribution in [-0.4, -0.2) is 17.0 Å². The van der Waals surface area contributed by atoms with Gasteiger partial charge in [0.15, 0.2) is 0 Å². The molecule has 1 unspecified atom stereocenters. The molecule has 12 heavy (non-hydrogen) atoms. The molecule has 0 radical (unpaired) electrons. The molecular weight excluding hydrogens is 154 g/mol. The fourth-order valence-electron chi connectivity index (χ4n) is 0.910. The normalized spacial score (nSPS) is 12.2. The Bertz CT molecular complexity index is 250. The molecule has 64 valence electrons. The lowest BCUT2D eigenvalue weighted by Crippen LogP contribution is -2.15. The summed E-state index contributed by atoms with van der Waals surface area (Å²) in [5.74, 6) is 0. The Morgan fingerprint density at radius 3 is 2.92 bits per heavy atom. The van der Waals surface area contributed by atoms with Gasteiger partial charge in [-0.3, -0.25) is 9.99 Å². The third-order valence-electron chi connectivity index (χ3n) is 1.86. The Kier molecular flexibility index (Phi) is 2.74. The molecule has 0 saturated heterocycles. The first-order chi connectivity index (χ1) is 5.75. The summed E-state index contributed by atoms with van der Waals surface area (Å²) in [7, 11) is 1.64. The predicted molar refractivity (Wildman–Crippen MR) is 46.2 cm³/mol. The first-order valence-electron chi connectivity index (χ1n) is 3.71. The average molecular weight is 165 g/mol. The summed E-state index contributed by atoms with van der Waals surface area (Å²) in [6.07, 6.45) is 3.43. The highest BCUT2D eigenvalue weighted by Crippen LogP contribution is 2.16. The minimum absolute atomic E-state index is 0.0174. The Labute approximate surface area is 71.2 Å². The standard InChI is InChI=1S/C8H11N3O/c1-7(11(2)10-12)8-4-3-5-9-6-8/h3-7H,1-2H3. The van der Waals surface area contributed by atoms with Gasteiger partial charge in [0.05, 0.1) is 11.3 Å². The second-order valence-electron chi connectivity index (χ2n) is 2.62. The van der Waals surface area contributed by atoms with Crippen molar-refractivity contribution in [1.82, 2.24) is 9.99 Å². The van der Waals surface area contributed by atoms with E-state index >= 15 is 0 Å². The molecule has 0 aliphatic carbocycles. The molecule has 0 saturated carbocycles. The van der Waals surface area contributed by atoms with Crippen LogP contribution in [0.1, 0.15) is 18.5 Å². The second kappa shape index (κ2) is 3.80. The van der Waals surface area contributed by atoms with E-state index in [1.54, 1.807) is 19.4 Å². The zero-order chi connectivity index (χ0) is 8.97. The molecule has 0 aromatic carbocycles. The molecule has 0 aliphatic heterocycles. The van der Waals surface area contributed by atoms with Crippen LogP contribution in [0.3, 0.4) is 0 Å². The Morgan fingerprint density at radius 1 is 1.67 bits per heavy atom. The van der Waals surface area contributed by atoms with Crippen molar-refractivity contribution >= 4 is 0 Å². The van der Waals surface area contributed by atoms with Crippen molar-refractivity contribution in [3.63, 3.8) is 0 Å². The van der Waals surface area contributed by atoms with Gasteiger partial charge in [0.1, 0.15) is 0 Å². The van der Waals surface area contributed by atoms with Crippen LogP contribution >= 0.6 is 0 Å². The van der Waals surface area contributed by atoms with Gasteiger partial charge in [-0.15, -0.1) is 4.91 Å². The molecular formula is C8H11N3O. The molecule has 1 atom stereocenters. The van der Waals surface area contributed by atoms with Crippen LogP contribution in [0, 0.1) is 4.91 Å². The molecule has 0 N–H and O–H groups in total. The van der Waals surface area contributed by atoms with Crippen molar-refractivity contribution < 1.29 is 0 Å². The minimum Gasteiger partial charge on any atom is -0.264 e. The van der Waals surface area contributed by atoms with Gasteiger partial charge in [-0.1, -0.05) is 6.07 Å². The van der Waals surface area contributed by atoms with Gasteiger partial charge >= 0.3 is 0 Å². The van der Waals surface area contributed by atoms with Crippen LogP contribution in [0.2, 0.25) is 0 Å². The molecule has 0 fully saturated rings. The van der Waals surface area contributed by atoms with Crippen LogP contribution in [0.15, 0.2) is 29.8 Å². The lowest BCUT2D eigenvalue weighted by atomic mass is 10.1. The number of aromatic nitrogens is 1. The number of nitroso groups, excluding NO2 is 1. The zero-order valence-electron chi connectivity index (χ0n) is 7.14. The number of hydrogen-bond donors (Lipinski definition) is 0. The molecule has 4 nitrogen and oxygen atoms in total. The molecule has 1 heterocycles. The van der Waals surface area contributed by atoms with Crippen molar-refractivity contribution in [3.05, 3.63) is 35.0 Å². The van der Waals surface area contributed by atoms with Crippen LogP contribution < -0.4 is 0 Å². The van der Waals surface area contributed by atoms with Crippen LogP contribution in [0.4, 0.5) is 0 Å². The summed E-state index contributed by atoms with van der Waals surface area (Å²) >= 11 is 0. The summed E-state index contributed by atoms with van der Waals surface area (Å²) in [6.45, 7) is 1.90. The number of hydrogen-bond acceptors (Lipinski definition) is 3. The Hall–Kier alpha value is -1.45. The van der Waals surface area contributed by atoms with Crippen LogP contribution in [0.25, 0.3) is 0 Å². The maximum atomic E-state index is 10.2. The van der Waals surface area contributed by atoms with Gasteiger partial charge in [0.2, 0.25) is 0 Å². The Morgan fingerprint density at radius 2 is 2.42 bits per heavy atom. The third-order valence-corrected chi connectivity index (χ3v) is 1.86. The molecule has 4 heteroatoms. The summed E-state index contributed by atoms with van der Waals surface area (Å²) < 4.78 is 0. The van der Waals surface area contributed by atoms with Crippen molar-refractivity contribution in [3.8, 4) is 0 Å². The van der Waals surface area contributed by atoms with Gasteiger partial charge in [-0.05, 0) is 18.6 Å². The molecule has 0 amide bonds. The fourth-order valence-corrected chi connectivity index (χ4v) is 0.910. The summed E-state index contributed by atoms with van der Waals surface area (Å²) in [5.41, 5.74) is 0.986. The van der Waals surface area contributed by atoms with E-state index in [0.29, 0.717) is 0 Å². The van der Waals surface area contributed by atoms with Crippen LogP contribution in [0.5, 0.6) is 0 Å². The van der Waals surface area contributed by atoms with E-state index in [1.165, 1.54) is 5.01 Å². The monoisotopic (exact) mass is 165 g/mol. The topological polar surface area (TPSA) is 45.6 Å². The van der Waals surface area contributed by atoms with Gasteiger partial charge in [-0.2, -0.15) is 0 Å². The van der Waals surface area contributed by atoms with Crippen molar-refractivity contribution in [2.75, 3.05) is 7.05 Å². The average Bonchev–Trinajstić information content (AvgIpc) is 2.17.